The first-order chi connectivity index (χ1) is 16.0. The van der Waals surface area contributed by atoms with Crippen LogP contribution in [0.5, 0.6) is 0 Å². The van der Waals surface area contributed by atoms with Crippen molar-refractivity contribution in [3.63, 3.8) is 0 Å². The molecule has 0 aliphatic carbocycles. The second kappa shape index (κ2) is 10.4. The van der Waals surface area contributed by atoms with E-state index in [1.165, 1.54) is 0 Å². The first-order valence-electron chi connectivity index (χ1n) is 11.5. The fourth-order valence-corrected chi connectivity index (χ4v) is 3.86. The van der Waals surface area contributed by atoms with Crippen LogP contribution >= 0.6 is 11.6 Å². The van der Waals surface area contributed by atoms with Crippen molar-refractivity contribution in [1.82, 2.24) is 14.7 Å². The van der Waals surface area contributed by atoms with Gasteiger partial charge < -0.3 is 10.2 Å². The van der Waals surface area contributed by atoms with Gasteiger partial charge in [-0.1, -0.05) is 76.6 Å². The van der Waals surface area contributed by atoms with Crippen molar-refractivity contribution < 1.29 is 9.59 Å². The molecule has 1 N–H and O–H groups in total. The molecule has 1 heterocycles. The molecule has 0 saturated heterocycles. The first-order valence-corrected chi connectivity index (χ1v) is 11.9. The highest BCUT2D eigenvalue weighted by Gasteiger charge is 2.25. The van der Waals surface area contributed by atoms with E-state index in [1.807, 2.05) is 51.1 Å². The van der Waals surface area contributed by atoms with E-state index in [0.717, 1.165) is 16.9 Å². The Morgan fingerprint density at radius 1 is 1.09 bits per heavy atom. The van der Waals surface area contributed by atoms with Gasteiger partial charge in [0.25, 0.3) is 5.91 Å². The van der Waals surface area contributed by atoms with Gasteiger partial charge in [-0.15, -0.1) is 0 Å². The minimum atomic E-state index is -0.295. The van der Waals surface area contributed by atoms with Crippen LogP contribution in [-0.2, 0) is 10.2 Å². The molecule has 2 aromatic carbocycles. The summed E-state index contributed by atoms with van der Waals surface area (Å²) < 4.78 is 1.76. The number of carbonyl (C=O) groups excluding carboxylic acids is 2. The number of anilines is 1. The molecule has 0 unspecified atom stereocenters. The highest BCUT2D eigenvalue weighted by atomic mass is 35.5. The van der Waals surface area contributed by atoms with Gasteiger partial charge in [0.05, 0.1) is 22.0 Å². The molecule has 180 valence electrons. The molecule has 3 aromatic rings. The quantitative estimate of drug-likeness (QED) is 0.460. The highest BCUT2D eigenvalue weighted by molar-refractivity contribution is 6.33. The third-order valence-electron chi connectivity index (χ3n) is 5.40. The molecular formula is C27H33ClN4O2. The molecule has 7 heteroatoms. The van der Waals surface area contributed by atoms with E-state index in [2.05, 4.69) is 26.1 Å². The lowest BCUT2D eigenvalue weighted by atomic mass is 9.92. The van der Waals surface area contributed by atoms with E-state index in [1.54, 1.807) is 33.8 Å². The summed E-state index contributed by atoms with van der Waals surface area (Å²) in [4.78, 5) is 27.9. The predicted molar refractivity (Wildman–Crippen MR) is 138 cm³/mol. The van der Waals surface area contributed by atoms with Crippen molar-refractivity contribution in [2.45, 2.75) is 47.0 Å². The zero-order chi connectivity index (χ0) is 25.0. The van der Waals surface area contributed by atoms with Gasteiger partial charge >= 0.3 is 0 Å². The van der Waals surface area contributed by atoms with Gasteiger partial charge in [0, 0.05) is 18.0 Å². The van der Waals surface area contributed by atoms with Gasteiger partial charge in [0.1, 0.15) is 12.4 Å². The number of aryl methyl sites for hydroxylation is 1. The van der Waals surface area contributed by atoms with Crippen molar-refractivity contribution in [3.05, 3.63) is 76.4 Å². The maximum atomic E-state index is 13.2. The van der Waals surface area contributed by atoms with Gasteiger partial charge in [0.2, 0.25) is 5.91 Å². The fraction of sp³-hybridized carbons (Fsp3) is 0.370. The van der Waals surface area contributed by atoms with Crippen LogP contribution in [0, 0.1) is 12.8 Å². The number of nitrogens with zero attached hydrogens (tertiary/aromatic N) is 3. The van der Waals surface area contributed by atoms with Crippen molar-refractivity contribution in [2.24, 2.45) is 5.92 Å². The molecule has 6 nitrogen and oxygen atoms in total. The number of hydrogen-bond acceptors (Lipinski definition) is 3. The second-order valence-electron chi connectivity index (χ2n) is 9.97. The lowest BCUT2D eigenvalue weighted by Gasteiger charge is -2.24. The molecule has 0 radical (unpaired) electrons. The smallest absolute Gasteiger partial charge is 0.255 e. The van der Waals surface area contributed by atoms with Crippen LogP contribution in [0.15, 0.2) is 54.6 Å². The van der Waals surface area contributed by atoms with Crippen LogP contribution in [0.3, 0.4) is 0 Å². The van der Waals surface area contributed by atoms with Crippen LogP contribution < -0.4 is 5.32 Å². The van der Waals surface area contributed by atoms with Crippen LogP contribution in [0.2, 0.25) is 5.02 Å². The average molecular weight is 481 g/mol. The molecule has 3 rings (SSSR count). The second-order valence-corrected chi connectivity index (χ2v) is 10.4. The Kier molecular flexibility index (Phi) is 7.82. The zero-order valence-corrected chi connectivity index (χ0v) is 21.5. The monoisotopic (exact) mass is 480 g/mol. The Balaban J connectivity index is 1.90. The molecule has 1 aromatic heterocycles. The SMILES string of the molecule is Cc1ccccc1-n1nc(C(C)(C)C)cc1NC(=O)CN(CC(C)C)C(=O)c1ccccc1Cl. The number of halogens is 1. The standard InChI is InChI=1S/C27H33ClN4O2/c1-18(2)16-31(26(34)20-12-8-9-13-21(20)28)17-25(33)29-24-15-23(27(4,5)6)30-32(24)22-14-10-7-11-19(22)3/h7-15,18H,16-17H2,1-6H3,(H,29,33). The molecule has 0 aliphatic rings. The van der Waals surface area contributed by atoms with Crippen molar-refractivity contribution in [1.29, 1.82) is 0 Å². The van der Waals surface area contributed by atoms with Crippen molar-refractivity contribution >= 4 is 29.2 Å². The van der Waals surface area contributed by atoms with Crippen LogP contribution in [0.1, 0.15) is 56.2 Å². The third kappa shape index (κ3) is 6.06. The highest BCUT2D eigenvalue weighted by Crippen LogP contribution is 2.27. The Labute approximate surface area is 206 Å². The number of carbonyl (C=O) groups is 2. The van der Waals surface area contributed by atoms with Crippen LogP contribution in [-0.4, -0.2) is 39.6 Å². The van der Waals surface area contributed by atoms with Gasteiger partial charge in [-0.3, -0.25) is 9.59 Å². The largest absolute Gasteiger partial charge is 0.329 e. The summed E-state index contributed by atoms with van der Waals surface area (Å²) >= 11 is 6.26. The number of amides is 2. The average Bonchev–Trinajstić information content (AvgIpc) is 3.17. The van der Waals surface area contributed by atoms with E-state index < -0.39 is 0 Å². The maximum Gasteiger partial charge on any atom is 0.255 e. The number of rotatable bonds is 7. The lowest BCUT2D eigenvalue weighted by Crippen LogP contribution is -2.40. The summed E-state index contributed by atoms with van der Waals surface area (Å²) in [5, 5.41) is 8.15. The molecule has 0 bridgehead atoms. The predicted octanol–water partition coefficient (Wildman–Crippen LogP) is 5.87. The minimum Gasteiger partial charge on any atom is -0.329 e. The zero-order valence-electron chi connectivity index (χ0n) is 20.7. The molecule has 0 aliphatic heterocycles. The Morgan fingerprint density at radius 2 is 1.74 bits per heavy atom. The van der Waals surface area contributed by atoms with Gasteiger partial charge in [-0.25, -0.2) is 4.68 Å². The fourth-order valence-electron chi connectivity index (χ4n) is 3.64. The van der Waals surface area contributed by atoms with Gasteiger partial charge in [0.15, 0.2) is 0 Å². The Hall–Kier alpha value is -3.12. The summed E-state index contributed by atoms with van der Waals surface area (Å²) in [6.07, 6.45) is 0. The number of hydrogen-bond donors (Lipinski definition) is 1. The van der Waals surface area contributed by atoms with E-state index in [9.17, 15) is 9.59 Å². The minimum absolute atomic E-state index is 0.0912. The molecule has 0 atom stereocenters. The van der Waals surface area contributed by atoms with Crippen molar-refractivity contribution in [3.8, 4) is 5.69 Å². The molecule has 0 spiro atoms. The molecular weight excluding hydrogens is 448 g/mol. The summed E-state index contributed by atoms with van der Waals surface area (Å²) in [6.45, 7) is 12.6. The normalized spacial score (nSPS) is 11.5. The number of para-hydroxylation sites is 1. The Bertz CT molecular complexity index is 1180. The third-order valence-corrected chi connectivity index (χ3v) is 5.73. The topological polar surface area (TPSA) is 67.2 Å². The van der Waals surface area contributed by atoms with Crippen LogP contribution in [0.25, 0.3) is 5.69 Å². The Morgan fingerprint density at radius 3 is 2.35 bits per heavy atom. The number of nitrogens with one attached hydrogen (secondary N) is 1. The van der Waals surface area contributed by atoms with Crippen molar-refractivity contribution in [2.75, 3.05) is 18.4 Å². The summed E-state index contributed by atoms with van der Waals surface area (Å²) in [5.74, 6) is 0.191. The molecule has 34 heavy (non-hydrogen) atoms. The van der Waals surface area contributed by atoms with E-state index in [-0.39, 0.29) is 29.7 Å². The molecule has 0 fully saturated rings. The summed E-state index contributed by atoms with van der Waals surface area (Å²) in [5.41, 5.74) is 2.98. The maximum absolute atomic E-state index is 13.2. The van der Waals surface area contributed by atoms with Gasteiger partial charge in [-0.2, -0.15) is 5.10 Å². The van der Waals surface area contributed by atoms with Crippen LogP contribution in [0.4, 0.5) is 5.82 Å². The number of benzene rings is 2. The summed E-state index contributed by atoms with van der Waals surface area (Å²) in [7, 11) is 0. The van der Waals surface area contributed by atoms with Gasteiger partial charge in [-0.05, 0) is 36.6 Å². The van der Waals surface area contributed by atoms with E-state index >= 15 is 0 Å². The van der Waals surface area contributed by atoms with E-state index in [4.69, 9.17) is 16.7 Å². The molecule has 0 saturated carbocycles. The van der Waals surface area contributed by atoms with E-state index in [0.29, 0.717) is 22.9 Å². The number of aromatic nitrogens is 2. The summed E-state index contributed by atoms with van der Waals surface area (Å²) in [6, 6.07) is 16.7. The lowest BCUT2D eigenvalue weighted by molar-refractivity contribution is -0.117. The first kappa shape index (κ1) is 25.5. The molecule has 2 amide bonds.